The van der Waals surface area contributed by atoms with E-state index in [2.05, 4.69) is 26.3 Å². The van der Waals surface area contributed by atoms with E-state index in [4.69, 9.17) is 44.3 Å². The lowest BCUT2D eigenvalue weighted by atomic mass is 9.94. The van der Waals surface area contributed by atoms with E-state index in [1.54, 1.807) is 27.0 Å². The molecule has 0 saturated heterocycles. The third-order valence-corrected chi connectivity index (χ3v) is 8.78. The Balaban J connectivity index is 1.43. The number of pyridine rings is 2. The van der Waals surface area contributed by atoms with E-state index in [-0.39, 0.29) is 13.2 Å². The molecule has 0 atom stereocenters. The Kier molecular flexibility index (Phi) is 10.7. The first-order chi connectivity index (χ1) is 22.0. The van der Waals surface area contributed by atoms with Crippen LogP contribution in [0.1, 0.15) is 43.9 Å². The van der Waals surface area contributed by atoms with Crippen LogP contribution >= 0.6 is 34.8 Å². The molecule has 4 aromatic rings. The van der Waals surface area contributed by atoms with Crippen LogP contribution in [-0.4, -0.2) is 53.4 Å². The topological polar surface area (TPSA) is 76.6 Å². The van der Waals surface area contributed by atoms with Crippen molar-refractivity contribution in [1.82, 2.24) is 20.2 Å². The van der Waals surface area contributed by atoms with Crippen LogP contribution < -0.4 is 10.1 Å². The van der Waals surface area contributed by atoms with Crippen molar-refractivity contribution in [2.75, 3.05) is 26.9 Å². The number of amides is 1. The van der Waals surface area contributed by atoms with E-state index < -0.39 is 11.7 Å². The molecule has 1 amide bonds. The summed E-state index contributed by atoms with van der Waals surface area (Å²) < 4.78 is 23.6. The molecule has 0 radical (unpaired) electrons. The number of carbonyl (C=O) groups excluding carboxylic acids is 1. The van der Waals surface area contributed by atoms with Gasteiger partial charge in [0.05, 0.1) is 41.8 Å². The molecule has 7 nitrogen and oxygen atoms in total. The molecule has 0 spiro atoms. The predicted octanol–water partition coefficient (Wildman–Crippen LogP) is 9.19. The van der Waals surface area contributed by atoms with E-state index in [0.29, 0.717) is 63.0 Å². The van der Waals surface area contributed by atoms with Gasteiger partial charge in [0.15, 0.2) is 0 Å². The van der Waals surface area contributed by atoms with Gasteiger partial charge in [0.2, 0.25) is 5.88 Å². The van der Waals surface area contributed by atoms with Gasteiger partial charge in [-0.05, 0) is 75.1 Å². The molecule has 242 valence electrons. The number of halogens is 4. The second kappa shape index (κ2) is 14.6. The summed E-state index contributed by atoms with van der Waals surface area (Å²) in [5.74, 6) is 0.356. The molecule has 1 aliphatic rings. The number of ether oxygens (including phenoxy) is 2. The van der Waals surface area contributed by atoms with Gasteiger partial charge in [-0.15, -0.1) is 0 Å². The van der Waals surface area contributed by atoms with Crippen molar-refractivity contribution >= 4 is 40.9 Å². The fourth-order valence-corrected chi connectivity index (χ4v) is 6.43. The van der Waals surface area contributed by atoms with Gasteiger partial charge in [0.25, 0.3) is 0 Å². The molecule has 1 aliphatic heterocycles. The monoisotopic (exact) mass is 684 g/mol. The summed E-state index contributed by atoms with van der Waals surface area (Å²) in [5, 5.41) is 4.30. The number of alkyl halides is 1. The quantitative estimate of drug-likeness (QED) is 0.189. The van der Waals surface area contributed by atoms with Gasteiger partial charge >= 0.3 is 6.09 Å². The summed E-state index contributed by atoms with van der Waals surface area (Å²) in [5.41, 5.74) is 6.43. The number of alkyl carbamates (subject to hydrolysis) is 1. The highest BCUT2D eigenvalue weighted by Crippen LogP contribution is 2.42. The lowest BCUT2D eigenvalue weighted by molar-refractivity contribution is 0.0523. The van der Waals surface area contributed by atoms with E-state index in [0.717, 1.165) is 40.8 Å². The number of nitrogens with zero attached hydrogens (tertiary/aromatic N) is 3. The van der Waals surface area contributed by atoms with Crippen molar-refractivity contribution in [3.05, 3.63) is 86.5 Å². The average molecular weight is 686 g/mol. The number of benzene rings is 2. The van der Waals surface area contributed by atoms with E-state index in [1.165, 1.54) is 7.11 Å². The maximum Gasteiger partial charge on any atom is 0.407 e. The van der Waals surface area contributed by atoms with Crippen LogP contribution in [0.5, 0.6) is 5.88 Å². The number of methoxy groups -OCH3 is 1. The van der Waals surface area contributed by atoms with Crippen LogP contribution in [-0.2, 0) is 24.2 Å². The Bertz CT molecular complexity index is 1750. The van der Waals surface area contributed by atoms with Crippen LogP contribution in [0.15, 0.2) is 54.7 Å². The summed E-state index contributed by atoms with van der Waals surface area (Å²) in [7, 11) is 1.52. The SMILES string of the molecule is COc1nc(-c2cccc(-c3ccnc(-c4cc(Cl)c5c(c4)CCN(CCCF)C5)c3Cl)c2Cl)ccc1CNC(=O)OC(C)(C)C. The van der Waals surface area contributed by atoms with Gasteiger partial charge in [0, 0.05) is 58.7 Å². The summed E-state index contributed by atoms with van der Waals surface area (Å²) in [6.45, 7) is 7.51. The van der Waals surface area contributed by atoms with Crippen molar-refractivity contribution in [3.63, 3.8) is 0 Å². The van der Waals surface area contributed by atoms with Crippen molar-refractivity contribution < 1.29 is 18.7 Å². The molecule has 2 aromatic heterocycles. The minimum atomic E-state index is -0.607. The number of aromatic nitrogens is 2. The largest absolute Gasteiger partial charge is 0.481 e. The summed E-state index contributed by atoms with van der Waals surface area (Å²) in [6, 6.07) is 15.2. The Hall–Kier alpha value is -3.43. The lowest BCUT2D eigenvalue weighted by Crippen LogP contribution is -2.32. The summed E-state index contributed by atoms with van der Waals surface area (Å²) in [4.78, 5) is 23.7. The van der Waals surface area contributed by atoms with Gasteiger partial charge in [-0.3, -0.25) is 14.3 Å². The fraction of sp³-hybridized carbons (Fsp3) is 0.343. The highest BCUT2D eigenvalue weighted by atomic mass is 35.5. The minimum Gasteiger partial charge on any atom is -0.481 e. The minimum absolute atomic E-state index is 0.179. The van der Waals surface area contributed by atoms with Crippen LogP contribution in [0.3, 0.4) is 0 Å². The second-order valence-corrected chi connectivity index (χ2v) is 13.2. The highest BCUT2D eigenvalue weighted by Gasteiger charge is 2.23. The first-order valence-electron chi connectivity index (χ1n) is 15.0. The van der Waals surface area contributed by atoms with Crippen molar-refractivity contribution in [1.29, 1.82) is 0 Å². The van der Waals surface area contributed by atoms with Gasteiger partial charge in [-0.25, -0.2) is 9.78 Å². The second-order valence-electron chi connectivity index (χ2n) is 12.1. The predicted molar refractivity (Wildman–Crippen MR) is 183 cm³/mol. The Morgan fingerprint density at radius 1 is 1.04 bits per heavy atom. The maximum absolute atomic E-state index is 12.7. The maximum atomic E-state index is 12.7. The molecule has 3 heterocycles. The zero-order chi connectivity index (χ0) is 33.0. The zero-order valence-electron chi connectivity index (χ0n) is 26.2. The molecule has 2 aromatic carbocycles. The van der Waals surface area contributed by atoms with E-state index in [1.807, 2.05) is 42.5 Å². The number of carbonyl (C=O) groups is 1. The van der Waals surface area contributed by atoms with Crippen LogP contribution in [0.4, 0.5) is 9.18 Å². The molecule has 0 aliphatic carbocycles. The van der Waals surface area contributed by atoms with Crippen molar-refractivity contribution in [3.8, 4) is 39.5 Å². The molecule has 0 saturated carbocycles. The molecule has 0 unspecified atom stereocenters. The number of fused-ring (bicyclic) bond motifs is 1. The normalized spacial score (nSPS) is 13.3. The molecule has 5 rings (SSSR count). The molecular formula is C35H36Cl3FN4O3. The smallest absolute Gasteiger partial charge is 0.407 e. The summed E-state index contributed by atoms with van der Waals surface area (Å²) >= 11 is 20.9. The van der Waals surface area contributed by atoms with Crippen LogP contribution in [0.25, 0.3) is 33.6 Å². The highest BCUT2D eigenvalue weighted by molar-refractivity contribution is 6.39. The standard InChI is InChI=1S/C35H36Cl3FN4O3/c1-35(2,3)46-34(44)41-19-22-9-10-29(42-33(22)45-4)26-8-5-7-24(30(26)37)25-11-14-40-32(31(25)38)23-17-21-12-16-43(15-6-13-39)20-27(21)28(36)18-23/h5,7-11,14,17-18H,6,12-13,15-16,19-20H2,1-4H3,(H,41,44). The number of nitrogens with one attached hydrogen (secondary N) is 1. The van der Waals surface area contributed by atoms with E-state index in [9.17, 15) is 9.18 Å². The Labute approximate surface area is 284 Å². The van der Waals surface area contributed by atoms with Gasteiger partial charge in [-0.1, -0.05) is 53.0 Å². The van der Waals surface area contributed by atoms with Gasteiger partial charge in [-0.2, -0.15) is 0 Å². The van der Waals surface area contributed by atoms with Crippen LogP contribution in [0.2, 0.25) is 15.1 Å². The van der Waals surface area contributed by atoms with Crippen molar-refractivity contribution in [2.24, 2.45) is 0 Å². The molecule has 0 bridgehead atoms. The number of rotatable bonds is 9. The lowest BCUT2D eigenvalue weighted by Gasteiger charge is -2.29. The Morgan fingerprint density at radius 3 is 2.54 bits per heavy atom. The molecule has 0 fully saturated rings. The average Bonchev–Trinajstić information content (AvgIpc) is 3.02. The fourth-order valence-electron chi connectivity index (χ4n) is 5.49. The first-order valence-corrected chi connectivity index (χ1v) is 16.2. The zero-order valence-corrected chi connectivity index (χ0v) is 28.5. The van der Waals surface area contributed by atoms with E-state index >= 15 is 0 Å². The third-order valence-electron chi connectivity index (χ3n) is 7.66. The third kappa shape index (κ3) is 7.74. The number of hydrogen-bond donors (Lipinski definition) is 1. The summed E-state index contributed by atoms with van der Waals surface area (Å²) in [6.07, 6.45) is 2.51. The van der Waals surface area contributed by atoms with Gasteiger partial charge < -0.3 is 14.8 Å². The number of hydrogen-bond acceptors (Lipinski definition) is 6. The van der Waals surface area contributed by atoms with Crippen LogP contribution in [0, 0.1) is 0 Å². The molecular weight excluding hydrogens is 650 g/mol. The molecule has 1 N–H and O–H groups in total. The first kappa shape index (κ1) is 33.9. The molecule has 46 heavy (non-hydrogen) atoms. The van der Waals surface area contributed by atoms with Crippen molar-refractivity contribution in [2.45, 2.75) is 52.3 Å². The molecule has 11 heteroatoms. The Morgan fingerprint density at radius 2 is 1.80 bits per heavy atom. The van der Waals surface area contributed by atoms with Gasteiger partial charge in [0.1, 0.15) is 5.60 Å².